The molecule has 2 rings (SSSR count). The quantitative estimate of drug-likeness (QED) is 0.846. The third-order valence-corrected chi connectivity index (χ3v) is 4.21. The summed E-state index contributed by atoms with van der Waals surface area (Å²) in [4.78, 5) is -1.22. The predicted octanol–water partition coefficient (Wildman–Crippen LogP) is 3.14. The van der Waals surface area contributed by atoms with Crippen molar-refractivity contribution >= 4 is 33.0 Å². The molecule has 0 aromatic heterocycles. The van der Waals surface area contributed by atoms with Crippen molar-refractivity contribution in [1.82, 2.24) is 0 Å². The molecule has 3 N–H and O–H groups in total. The molecule has 0 spiro atoms. The van der Waals surface area contributed by atoms with Crippen LogP contribution in [0.4, 0.5) is 24.5 Å². The number of hydrogen-bond acceptors (Lipinski definition) is 3. The number of nitrogen functional groups attached to an aromatic ring is 1. The fourth-order valence-corrected chi connectivity index (χ4v) is 3.02. The van der Waals surface area contributed by atoms with E-state index in [9.17, 15) is 21.6 Å². The van der Waals surface area contributed by atoms with Gasteiger partial charge in [0.05, 0.1) is 10.7 Å². The van der Waals surface area contributed by atoms with Crippen LogP contribution in [0, 0.1) is 17.5 Å². The summed E-state index contributed by atoms with van der Waals surface area (Å²) in [7, 11) is -4.64. The van der Waals surface area contributed by atoms with E-state index in [0.717, 1.165) is 18.2 Å². The smallest absolute Gasteiger partial charge is 0.267 e. The van der Waals surface area contributed by atoms with E-state index in [1.165, 1.54) is 0 Å². The van der Waals surface area contributed by atoms with Crippen LogP contribution in [0.2, 0.25) is 5.02 Å². The minimum absolute atomic E-state index is 0.128. The lowest BCUT2D eigenvalue weighted by atomic mass is 10.3. The van der Waals surface area contributed by atoms with Crippen molar-refractivity contribution in [3.05, 3.63) is 52.8 Å². The molecule has 2 aromatic carbocycles. The number of anilines is 2. The van der Waals surface area contributed by atoms with Gasteiger partial charge in [0.15, 0.2) is 4.90 Å². The van der Waals surface area contributed by atoms with Crippen LogP contribution in [-0.4, -0.2) is 8.42 Å². The summed E-state index contributed by atoms with van der Waals surface area (Å²) in [5.74, 6) is -3.50. The molecule has 0 aliphatic carbocycles. The minimum Gasteiger partial charge on any atom is -0.399 e. The van der Waals surface area contributed by atoms with Crippen molar-refractivity contribution in [1.29, 1.82) is 0 Å². The fraction of sp³-hybridized carbons (Fsp3) is 0. The maximum atomic E-state index is 13.6. The molecular formula is C12H8ClF3N2O2S. The summed E-state index contributed by atoms with van der Waals surface area (Å²) < 4.78 is 66.2. The van der Waals surface area contributed by atoms with Crippen LogP contribution in [0.3, 0.4) is 0 Å². The number of rotatable bonds is 3. The molecule has 0 aliphatic heterocycles. The largest absolute Gasteiger partial charge is 0.399 e. The number of hydrogen-bond donors (Lipinski definition) is 2. The Morgan fingerprint density at radius 2 is 1.62 bits per heavy atom. The summed E-state index contributed by atoms with van der Waals surface area (Å²) in [5, 5.41) is -0.128. The van der Waals surface area contributed by atoms with Gasteiger partial charge in [0.25, 0.3) is 10.0 Å². The Bertz CT molecular complexity index is 789. The number of sulfonamides is 1. The highest BCUT2D eigenvalue weighted by Crippen LogP contribution is 2.28. The van der Waals surface area contributed by atoms with Crippen LogP contribution in [0.1, 0.15) is 0 Å². The lowest BCUT2D eigenvalue weighted by Gasteiger charge is -2.11. The Hall–Kier alpha value is -1.93. The summed E-state index contributed by atoms with van der Waals surface area (Å²) in [5.41, 5.74) is 4.59. The number of nitrogens with one attached hydrogen (secondary N) is 1. The zero-order valence-corrected chi connectivity index (χ0v) is 11.8. The highest BCUT2D eigenvalue weighted by molar-refractivity contribution is 7.92. The van der Waals surface area contributed by atoms with Crippen molar-refractivity contribution in [2.75, 3.05) is 10.5 Å². The van der Waals surface area contributed by atoms with Crippen LogP contribution >= 0.6 is 11.6 Å². The summed E-state index contributed by atoms with van der Waals surface area (Å²) in [6.45, 7) is 0. The van der Waals surface area contributed by atoms with Gasteiger partial charge in [-0.2, -0.15) is 0 Å². The third kappa shape index (κ3) is 3.22. The van der Waals surface area contributed by atoms with Crippen molar-refractivity contribution in [2.24, 2.45) is 0 Å². The maximum Gasteiger partial charge on any atom is 0.267 e. The van der Waals surface area contributed by atoms with E-state index >= 15 is 0 Å². The van der Waals surface area contributed by atoms with Gasteiger partial charge >= 0.3 is 0 Å². The maximum absolute atomic E-state index is 13.6. The predicted molar refractivity (Wildman–Crippen MR) is 73.0 cm³/mol. The van der Waals surface area contributed by atoms with Crippen molar-refractivity contribution in [3.8, 4) is 0 Å². The first-order chi connectivity index (χ1) is 9.70. The molecule has 2 aromatic rings. The average molecular weight is 337 g/mol. The minimum atomic E-state index is -4.64. The van der Waals surface area contributed by atoms with Gasteiger partial charge in [-0.15, -0.1) is 0 Å². The third-order valence-electron chi connectivity index (χ3n) is 2.46. The van der Waals surface area contributed by atoms with Gasteiger partial charge in [-0.3, -0.25) is 4.72 Å². The molecule has 0 fully saturated rings. The molecule has 0 bridgehead atoms. The van der Waals surface area contributed by atoms with E-state index in [4.69, 9.17) is 17.3 Å². The van der Waals surface area contributed by atoms with E-state index in [-0.39, 0.29) is 16.4 Å². The molecule has 0 aliphatic rings. The molecule has 9 heteroatoms. The van der Waals surface area contributed by atoms with Gasteiger partial charge in [0, 0.05) is 5.69 Å². The molecular weight excluding hydrogens is 329 g/mol. The molecule has 0 amide bonds. The molecule has 0 saturated carbocycles. The standard InChI is InChI=1S/C12H8ClF3N2O2S/c13-8-2-1-6(14)3-11(8)18-21(19,20)12-9(15)4-7(17)5-10(12)16/h1-5,18H,17H2. The average Bonchev–Trinajstić information content (AvgIpc) is 2.31. The summed E-state index contributed by atoms with van der Waals surface area (Å²) in [6, 6.07) is 4.21. The van der Waals surface area contributed by atoms with Crippen LogP contribution in [-0.2, 0) is 10.0 Å². The lowest BCUT2D eigenvalue weighted by Crippen LogP contribution is -2.17. The Labute approximate surface area is 123 Å². The molecule has 4 nitrogen and oxygen atoms in total. The zero-order valence-electron chi connectivity index (χ0n) is 10.2. The van der Waals surface area contributed by atoms with Crippen LogP contribution in [0.15, 0.2) is 35.2 Å². The monoisotopic (exact) mass is 336 g/mol. The molecule has 0 saturated heterocycles. The van der Waals surface area contributed by atoms with Gasteiger partial charge in [-0.1, -0.05) is 11.6 Å². The Balaban J connectivity index is 2.51. The number of benzene rings is 2. The van der Waals surface area contributed by atoms with Gasteiger partial charge in [0.1, 0.15) is 17.5 Å². The van der Waals surface area contributed by atoms with Crippen molar-refractivity contribution < 1.29 is 21.6 Å². The molecule has 21 heavy (non-hydrogen) atoms. The second-order valence-corrected chi connectivity index (χ2v) is 6.07. The Morgan fingerprint density at radius 1 is 1.05 bits per heavy atom. The first-order valence-electron chi connectivity index (χ1n) is 5.43. The highest BCUT2D eigenvalue weighted by Gasteiger charge is 2.25. The Morgan fingerprint density at radius 3 is 2.19 bits per heavy atom. The SMILES string of the molecule is Nc1cc(F)c(S(=O)(=O)Nc2cc(F)ccc2Cl)c(F)c1. The van der Waals surface area contributed by atoms with Gasteiger partial charge in [-0.25, -0.2) is 21.6 Å². The molecule has 0 unspecified atom stereocenters. The lowest BCUT2D eigenvalue weighted by molar-refractivity contribution is 0.522. The van der Waals surface area contributed by atoms with Crippen molar-refractivity contribution in [3.63, 3.8) is 0 Å². The van der Waals surface area contributed by atoms with E-state index in [2.05, 4.69) is 0 Å². The van der Waals surface area contributed by atoms with Crippen LogP contribution < -0.4 is 10.5 Å². The highest BCUT2D eigenvalue weighted by atomic mass is 35.5. The molecule has 112 valence electrons. The summed E-state index contributed by atoms with van der Waals surface area (Å²) in [6.07, 6.45) is 0. The molecule has 0 atom stereocenters. The Kier molecular flexibility index (Phi) is 4.02. The molecule has 0 heterocycles. The normalized spacial score (nSPS) is 11.4. The molecule has 0 radical (unpaired) electrons. The topological polar surface area (TPSA) is 72.2 Å². The van der Waals surface area contributed by atoms with Crippen molar-refractivity contribution in [2.45, 2.75) is 4.90 Å². The summed E-state index contributed by atoms with van der Waals surface area (Å²) >= 11 is 5.69. The van der Waals surface area contributed by atoms with E-state index in [1.54, 1.807) is 0 Å². The van der Waals surface area contributed by atoms with Crippen LogP contribution in [0.25, 0.3) is 0 Å². The van der Waals surface area contributed by atoms with Gasteiger partial charge < -0.3 is 5.73 Å². The van der Waals surface area contributed by atoms with E-state index in [0.29, 0.717) is 12.1 Å². The number of halogens is 4. The zero-order chi connectivity index (χ0) is 15.8. The second-order valence-electron chi connectivity index (χ2n) is 4.04. The number of nitrogens with two attached hydrogens (primary N) is 1. The first-order valence-corrected chi connectivity index (χ1v) is 7.29. The van der Waals surface area contributed by atoms with Crippen LogP contribution in [0.5, 0.6) is 0 Å². The van der Waals surface area contributed by atoms with Gasteiger partial charge in [0.2, 0.25) is 0 Å². The van der Waals surface area contributed by atoms with E-state index < -0.39 is 32.4 Å². The van der Waals surface area contributed by atoms with Gasteiger partial charge in [-0.05, 0) is 30.3 Å². The first kappa shape index (κ1) is 15.5. The second kappa shape index (κ2) is 5.45. The fourth-order valence-electron chi connectivity index (χ4n) is 1.61. The van der Waals surface area contributed by atoms with E-state index in [1.807, 2.05) is 4.72 Å².